The first-order chi connectivity index (χ1) is 16.5. The monoisotopic (exact) mass is 458 g/mol. The zero-order valence-electron chi connectivity index (χ0n) is 20.1. The number of piperidine rings is 1. The number of fused-ring (bicyclic) bond motifs is 1. The van der Waals surface area contributed by atoms with Crippen LogP contribution in [0.25, 0.3) is 22.2 Å². The molecule has 3 heterocycles. The molecule has 176 valence electrons. The molecule has 7 heteroatoms. The number of rotatable bonds is 6. The van der Waals surface area contributed by atoms with E-state index in [-0.39, 0.29) is 5.82 Å². The number of nitrogens with zero attached hydrogens (tertiary/aromatic N) is 6. The second-order valence-electron chi connectivity index (χ2n) is 9.11. The Hall–Kier alpha value is -3.32. The molecule has 0 atom stereocenters. The van der Waals surface area contributed by atoms with Crippen molar-refractivity contribution in [2.75, 3.05) is 24.5 Å². The van der Waals surface area contributed by atoms with Crippen molar-refractivity contribution in [2.24, 2.45) is 7.05 Å². The minimum absolute atomic E-state index is 0.166. The molecule has 2 aromatic carbocycles. The Bertz CT molecular complexity index is 1290. The first-order valence-electron chi connectivity index (χ1n) is 12.0. The van der Waals surface area contributed by atoms with Crippen LogP contribution in [0.2, 0.25) is 0 Å². The van der Waals surface area contributed by atoms with Gasteiger partial charge in [0.25, 0.3) is 0 Å². The highest BCUT2D eigenvalue weighted by Crippen LogP contribution is 2.33. The van der Waals surface area contributed by atoms with Gasteiger partial charge in [0, 0.05) is 49.7 Å². The van der Waals surface area contributed by atoms with Crippen LogP contribution in [0.5, 0.6) is 0 Å². The molecule has 1 aliphatic heterocycles. The molecule has 1 aliphatic rings. The number of hydrogen-bond donors (Lipinski definition) is 0. The van der Waals surface area contributed by atoms with Gasteiger partial charge in [0.2, 0.25) is 0 Å². The Morgan fingerprint density at radius 3 is 2.47 bits per heavy atom. The van der Waals surface area contributed by atoms with Gasteiger partial charge >= 0.3 is 0 Å². The zero-order valence-corrected chi connectivity index (χ0v) is 20.1. The van der Waals surface area contributed by atoms with Gasteiger partial charge in [-0.05, 0) is 55.6 Å². The zero-order chi connectivity index (χ0) is 23.7. The summed E-state index contributed by atoms with van der Waals surface area (Å²) < 4.78 is 15.4. The Kier molecular flexibility index (Phi) is 6.28. The largest absolute Gasteiger partial charge is 0.354 e. The smallest absolute Gasteiger partial charge is 0.159 e. The molecule has 5 rings (SSSR count). The third-order valence-electron chi connectivity index (χ3n) is 7.10. The minimum Gasteiger partial charge on any atom is -0.354 e. The molecule has 0 amide bonds. The summed E-state index contributed by atoms with van der Waals surface area (Å²) in [6.07, 6.45) is 3.92. The van der Waals surface area contributed by atoms with Gasteiger partial charge in [-0.15, -0.1) is 10.2 Å². The van der Waals surface area contributed by atoms with Crippen molar-refractivity contribution in [3.63, 3.8) is 0 Å². The highest BCUT2D eigenvalue weighted by atomic mass is 19.1. The van der Waals surface area contributed by atoms with Crippen molar-refractivity contribution < 1.29 is 4.39 Å². The van der Waals surface area contributed by atoms with Crippen LogP contribution >= 0.6 is 0 Å². The van der Waals surface area contributed by atoms with Gasteiger partial charge < -0.3 is 4.90 Å². The molecule has 34 heavy (non-hydrogen) atoms. The Morgan fingerprint density at radius 2 is 1.79 bits per heavy atom. The Morgan fingerprint density at radius 1 is 1.03 bits per heavy atom. The van der Waals surface area contributed by atoms with Crippen molar-refractivity contribution in [3.8, 4) is 11.4 Å². The van der Waals surface area contributed by atoms with Crippen molar-refractivity contribution in [1.82, 2.24) is 24.9 Å². The van der Waals surface area contributed by atoms with E-state index in [1.807, 2.05) is 30.8 Å². The fourth-order valence-electron chi connectivity index (χ4n) is 5.12. The molecule has 0 unspecified atom stereocenters. The van der Waals surface area contributed by atoms with Crippen molar-refractivity contribution in [1.29, 1.82) is 0 Å². The molecule has 0 radical (unpaired) electrons. The first kappa shape index (κ1) is 22.5. The van der Waals surface area contributed by atoms with Crippen LogP contribution in [-0.2, 0) is 13.6 Å². The normalized spacial score (nSPS) is 14.9. The lowest BCUT2D eigenvalue weighted by atomic mass is 10.00. The van der Waals surface area contributed by atoms with Gasteiger partial charge in [-0.1, -0.05) is 37.3 Å². The average molecular weight is 459 g/mol. The third-order valence-corrected chi connectivity index (χ3v) is 7.10. The van der Waals surface area contributed by atoms with Crippen LogP contribution in [0.3, 0.4) is 0 Å². The van der Waals surface area contributed by atoms with Crippen molar-refractivity contribution in [2.45, 2.75) is 39.3 Å². The summed E-state index contributed by atoms with van der Waals surface area (Å²) in [4.78, 5) is 4.89. The predicted molar refractivity (Wildman–Crippen MR) is 134 cm³/mol. The summed E-state index contributed by atoms with van der Waals surface area (Å²) in [6, 6.07) is 16.0. The van der Waals surface area contributed by atoms with Crippen LogP contribution in [0.1, 0.15) is 30.9 Å². The summed E-state index contributed by atoms with van der Waals surface area (Å²) in [6.45, 7) is 7.91. The topological polar surface area (TPSA) is 50.1 Å². The Labute approximate surface area is 200 Å². The fraction of sp³-hybridized carbons (Fsp3) is 0.370. The quantitative estimate of drug-likeness (QED) is 0.408. The van der Waals surface area contributed by atoms with Crippen LogP contribution in [0.4, 0.5) is 10.2 Å². The van der Waals surface area contributed by atoms with Gasteiger partial charge in [0.05, 0.1) is 5.69 Å². The number of halogens is 1. The maximum Gasteiger partial charge on any atom is 0.159 e. The molecular weight excluding hydrogens is 427 g/mol. The number of benzene rings is 2. The van der Waals surface area contributed by atoms with E-state index < -0.39 is 0 Å². The van der Waals surface area contributed by atoms with Crippen LogP contribution in [0, 0.1) is 12.7 Å². The molecule has 4 aromatic rings. The summed E-state index contributed by atoms with van der Waals surface area (Å²) >= 11 is 0. The van der Waals surface area contributed by atoms with E-state index in [9.17, 15) is 4.39 Å². The summed E-state index contributed by atoms with van der Waals surface area (Å²) in [5.41, 5.74) is 4.05. The van der Waals surface area contributed by atoms with Gasteiger partial charge in [-0.3, -0.25) is 9.58 Å². The lowest BCUT2D eigenvalue weighted by Gasteiger charge is -2.39. The summed E-state index contributed by atoms with van der Waals surface area (Å²) in [5, 5.41) is 15.8. The molecule has 0 aliphatic carbocycles. The molecule has 0 bridgehead atoms. The first-order valence-corrected chi connectivity index (χ1v) is 12.0. The average Bonchev–Trinajstić information content (AvgIpc) is 3.28. The molecular formula is C27H31FN6. The Balaban J connectivity index is 1.34. The highest BCUT2D eigenvalue weighted by Gasteiger charge is 2.26. The lowest BCUT2D eigenvalue weighted by molar-refractivity contribution is 0.169. The van der Waals surface area contributed by atoms with Gasteiger partial charge in [-0.2, -0.15) is 5.10 Å². The fourth-order valence-corrected chi connectivity index (χ4v) is 5.12. The molecule has 6 nitrogen and oxygen atoms in total. The van der Waals surface area contributed by atoms with Crippen LogP contribution in [0.15, 0.2) is 54.7 Å². The van der Waals surface area contributed by atoms with E-state index in [0.717, 1.165) is 72.6 Å². The maximum atomic E-state index is 13.5. The van der Waals surface area contributed by atoms with Crippen LogP contribution < -0.4 is 4.90 Å². The van der Waals surface area contributed by atoms with E-state index in [1.165, 1.54) is 5.56 Å². The number of aromatic nitrogens is 4. The highest BCUT2D eigenvalue weighted by molar-refractivity contribution is 5.99. The summed E-state index contributed by atoms with van der Waals surface area (Å²) in [5.74, 6) is 0.790. The van der Waals surface area contributed by atoms with E-state index >= 15 is 0 Å². The molecule has 0 saturated carbocycles. The SMILES string of the molecule is CCN(Cc1ccc(F)cc1C)C1CCN(c2nnc(-c3ccnn3C)c3ccccc23)CC1. The number of hydrogen-bond acceptors (Lipinski definition) is 5. The van der Waals surface area contributed by atoms with Gasteiger partial charge in [0.1, 0.15) is 11.5 Å². The molecule has 1 saturated heterocycles. The molecule has 1 fully saturated rings. The van der Waals surface area contributed by atoms with E-state index in [2.05, 4.69) is 51.2 Å². The standard InChI is InChI=1S/C27H31FN6/c1-4-33(18-20-9-10-21(28)17-19(20)2)22-12-15-34(16-13-22)27-24-8-6-5-7-23(24)26(30-31-27)25-11-14-29-32(25)3/h5-11,14,17,22H,4,12-13,15-16,18H2,1-3H3. The van der Waals surface area contributed by atoms with Gasteiger partial charge in [-0.25, -0.2) is 4.39 Å². The third kappa shape index (κ3) is 4.28. The van der Waals surface area contributed by atoms with E-state index in [1.54, 1.807) is 18.3 Å². The second kappa shape index (κ2) is 9.50. The minimum atomic E-state index is -0.166. The second-order valence-corrected chi connectivity index (χ2v) is 9.11. The molecule has 2 aromatic heterocycles. The number of anilines is 1. The molecule has 0 N–H and O–H groups in total. The van der Waals surface area contributed by atoms with Crippen molar-refractivity contribution in [3.05, 3.63) is 71.7 Å². The molecule has 0 spiro atoms. The predicted octanol–water partition coefficient (Wildman–Crippen LogP) is 4.97. The van der Waals surface area contributed by atoms with Crippen LogP contribution in [-0.4, -0.2) is 50.6 Å². The van der Waals surface area contributed by atoms with E-state index in [0.29, 0.717) is 6.04 Å². The van der Waals surface area contributed by atoms with Gasteiger partial charge in [0.15, 0.2) is 5.82 Å². The summed E-state index contributed by atoms with van der Waals surface area (Å²) in [7, 11) is 1.93. The maximum absolute atomic E-state index is 13.5. The van der Waals surface area contributed by atoms with E-state index in [4.69, 9.17) is 5.10 Å². The van der Waals surface area contributed by atoms with Crippen molar-refractivity contribution >= 4 is 16.6 Å². The lowest BCUT2D eigenvalue weighted by Crippen LogP contribution is -2.45. The number of aryl methyl sites for hydroxylation is 2.